The average molecular weight is 293 g/mol. The van der Waals surface area contributed by atoms with E-state index in [4.69, 9.17) is 11.6 Å². The molecule has 2 rings (SSSR count). The molecule has 0 spiro atoms. The number of nitrogens with one attached hydrogen (secondary N) is 1. The predicted molar refractivity (Wildman–Crippen MR) is 80.4 cm³/mol. The zero-order valence-electron chi connectivity index (χ0n) is 11.4. The molecule has 1 aromatic heterocycles. The van der Waals surface area contributed by atoms with Gasteiger partial charge in [0.2, 0.25) is 0 Å². The van der Waals surface area contributed by atoms with Crippen molar-refractivity contribution in [2.24, 2.45) is 0 Å². The third-order valence-electron chi connectivity index (χ3n) is 3.09. The molecular formula is C16H18ClFN2. The SMILES string of the molecule is CCCNC(Cc1cccc(Cl)c1)c1ncccc1F. The van der Waals surface area contributed by atoms with E-state index in [2.05, 4.69) is 17.2 Å². The summed E-state index contributed by atoms with van der Waals surface area (Å²) < 4.78 is 13.9. The van der Waals surface area contributed by atoms with Crippen molar-refractivity contribution in [3.63, 3.8) is 0 Å². The van der Waals surface area contributed by atoms with Crippen molar-refractivity contribution in [3.8, 4) is 0 Å². The first-order valence-corrected chi connectivity index (χ1v) is 7.16. The normalized spacial score (nSPS) is 12.3. The van der Waals surface area contributed by atoms with Crippen molar-refractivity contribution in [2.75, 3.05) is 6.54 Å². The van der Waals surface area contributed by atoms with E-state index in [0.717, 1.165) is 18.5 Å². The van der Waals surface area contributed by atoms with Crippen molar-refractivity contribution < 1.29 is 4.39 Å². The van der Waals surface area contributed by atoms with Crippen LogP contribution in [-0.2, 0) is 6.42 Å². The van der Waals surface area contributed by atoms with Crippen LogP contribution in [0.25, 0.3) is 0 Å². The number of rotatable bonds is 6. The number of nitrogens with zero attached hydrogens (tertiary/aromatic N) is 1. The molecule has 1 aromatic carbocycles. The maximum atomic E-state index is 13.9. The molecule has 106 valence electrons. The first kappa shape index (κ1) is 14.9. The van der Waals surface area contributed by atoms with E-state index in [1.54, 1.807) is 12.3 Å². The molecule has 0 saturated heterocycles. The highest BCUT2D eigenvalue weighted by molar-refractivity contribution is 6.30. The van der Waals surface area contributed by atoms with Crippen LogP contribution in [0.15, 0.2) is 42.6 Å². The highest BCUT2D eigenvalue weighted by Crippen LogP contribution is 2.21. The summed E-state index contributed by atoms with van der Waals surface area (Å²) in [6.45, 7) is 2.90. The highest BCUT2D eigenvalue weighted by atomic mass is 35.5. The molecule has 2 aromatic rings. The van der Waals surface area contributed by atoms with Crippen LogP contribution in [0, 0.1) is 5.82 Å². The Morgan fingerprint density at radius 2 is 2.15 bits per heavy atom. The second kappa shape index (κ2) is 7.36. The molecule has 1 heterocycles. The van der Waals surface area contributed by atoms with Crippen molar-refractivity contribution >= 4 is 11.6 Å². The van der Waals surface area contributed by atoms with Gasteiger partial charge in [0, 0.05) is 11.2 Å². The number of benzene rings is 1. The molecule has 0 amide bonds. The van der Waals surface area contributed by atoms with Crippen LogP contribution >= 0.6 is 11.6 Å². The van der Waals surface area contributed by atoms with E-state index in [-0.39, 0.29) is 11.9 Å². The van der Waals surface area contributed by atoms with Crippen LogP contribution in [0.3, 0.4) is 0 Å². The van der Waals surface area contributed by atoms with E-state index in [0.29, 0.717) is 17.1 Å². The number of hydrogen-bond acceptors (Lipinski definition) is 2. The molecule has 0 aliphatic carbocycles. The minimum atomic E-state index is -0.275. The third kappa shape index (κ3) is 4.02. The van der Waals surface area contributed by atoms with Crippen LogP contribution < -0.4 is 5.32 Å². The number of halogens is 2. The molecule has 0 bridgehead atoms. The summed E-state index contributed by atoms with van der Waals surface area (Å²) in [7, 11) is 0. The zero-order chi connectivity index (χ0) is 14.4. The van der Waals surface area contributed by atoms with E-state index in [1.807, 2.05) is 24.3 Å². The lowest BCUT2D eigenvalue weighted by atomic mass is 10.0. The van der Waals surface area contributed by atoms with Gasteiger partial charge in [0.1, 0.15) is 5.82 Å². The summed E-state index contributed by atoms with van der Waals surface area (Å²) >= 11 is 6.00. The standard InChI is InChI=1S/C16H18ClFN2/c1-2-8-19-15(16-14(18)7-4-9-20-16)11-12-5-3-6-13(17)10-12/h3-7,9-10,15,19H,2,8,11H2,1H3. The van der Waals surface area contributed by atoms with Gasteiger partial charge in [0.15, 0.2) is 0 Å². The van der Waals surface area contributed by atoms with Crippen molar-refractivity contribution in [3.05, 3.63) is 64.7 Å². The Balaban J connectivity index is 2.22. The molecule has 1 N–H and O–H groups in total. The summed E-state index contributed by atoms with van der Waals surface area (Å²) in [5, 5.41) is 4.04. The fourth-order valence-corrected chi connectivity index (χ4v) is 2.35. The molecule has 0 aliphatic rings. The fraction of sp³-hybridized carbons (Fsp3) is 0.312. The third-order valence-corrected chi connectivity index (χ3v) is 3.32. The zero-order valence-corrected chi connectivity index (χ0v) is 12.2. The van der Waals surface area contributed by atoms with Crippen LogP contribution in [-0.4, -0.2) is 11.5 Å². The van der Waals surface area contributed by atoms with E-state index >= 15 is 0 Å². The lowest BCUT2D eigenvalue weighted by Gasteiger charge is -2.18. The van der Waals surface area contributed by atoms with Crippen LogP contribution in [0.1, 0.15) is 30.6 Å². The van der Waals surface area contributed by atoms with Gasteiger partial charge in [-0.3, -0.25) is 4.98 Å². The molecule has 0 aliphatic heterocycles. The molecule has 4 heteroatoms. The van der Waals surface area contributed by atoms with Gasteiger partial charge >= 0.3 is 0 Å². The summed E-state index contributed by atoms with van der Waals surface area (Å²) in [5.74, 6) is -0.275. The first-order valence-electron chi connectivity index (χ1n) is 6.79. The molecule has 0 radical (unpaired) electrons. The van der Waals surface area contributed by atoms with Gasteiger partial charge in [-0.1, -0.05) is 30.7 Å². The molecular weight excluding hydrogens is 275 g/mol. The Morgan fingerprint density at radius 1 is 1.30 bits per heavy atom. The quantitative estimate of drug-likeness (QED) is 0.865. The molecule has 0 fully saturated rings. The maximum absolute atomic E-state index is 13.9. The Bertz CT molecular complexity index is 560. The fourth-order valence-electron chi connectivity index (χ4n) is 2.14. The monoisotopic (exact) mass is 292 g/mol. The van der Waals surface area contributed by atoms with Gasteiger partial charge in [0.25, 0.3) is 0 Å². The summed E-state index contributed by atoms with van der Waals surface area (Å²) in [5.41, 5.74) is 1.53. The Kier molecular flexibility index (Phi) is 5.50. The Morgan fingerprint density at radius 3 is 2.85 bits per heavy atom. The van der Waals surface area contributed by atoms with Crippen molar-refractivity contribution in [1.29, 1.82) is 0 Å². The van der Waals surface area contributed by atoms with Crippen LogP contribution in [0.5, 0.6) is 0 Å². The lowest BCUT2D eigenvalue weighted by molar-refractivity contribution is 0.483. The predicted octanol–water partition coefficient (Wildman–Crippen LogP) is 4.16. The van der Waals surface area contributed by atoms with Gasteiger partial charge in [-0.25, -0.2) is 4.39 Å². The minimum Gasteiger partial charge on any atom is -0.308 e. The molecule has 2 nitrogen and oxygen atoms in total. The van der Waals surface area contributed by atoms with Crippen molar-refractivity contribution in [1.82, 2.24) is 10.3 Å². The molecule has 1 unspecified atom stereocenters. The summed E-state index contributed by atoms with van der Waals surface area (Å²) in [6, 6.07) is 10.5. The average Bonchev–Trinajstić information content (AvgIpc) is 2.44. The van der Waals surface area contributed by atoms with Gasteiger partial charge < -0.3 is 5.32 Å². The minimum absolute atomic E-state index is 0.144. The number of hydrogen-bond donors (Lipinski definition) is 1. The van der Waals surface area contributed by atoms with E-state index in [9.17, 15) is 4.39 Å². The van der Waals surface area contributed by atoms with Crippen molar-refractivity contribution in [2.45, 2.75) is 25.8 Å². The van der Waals surface area contributed by atoms with Gasteiger partial charge in [-0.05, 0) is 49.2 Å². The summed E-state index contributed by atoms with van der Waals surface area (Å²) in [6.07, 6.45) is 3.27. The van der Waals surface area contributed by atoms with Gasteiger partial charge in [-0.15, -0.1) is 0 Å². The number of pyridine rings is 1. The van der Waals surface area contributed by atoms with Crippen LogP contribution in [0.4, 0.5) is 4.39 Å². The largest absolute Gasteiger partial charge is 0.308 e. The lowest BCUT2D eigenvalue weighted by Crippen LogP contribution is -2.26. The Hall–Kier alpha value is -1.45. The Labute approximate surface area is 124 Å². The van der Waals surface area contributed by atoms with E-state index in [1.165, 1.54) is 6.07 Å². The molecule has 0 saturated carbocycles. The van der Waals surface area contributed by atoms with Crippen LogP contribution in [0.2, 0.25) is 5.02 Å². The smallest absolute Gasteiger partial charge is 0.146 e. The second-order valence-electron chi connectivity index (χ2n) is 4.71. The second-order valence-corrected chi connectivity index (χ2v) is 5.15. The van der Waals surface area contributed by atoms with E-state index < -0.39 is 0 Å². The highest BCUT2D eigenvalue weighted by Gasteiger charge is 2.17. The van der Waals surface area contributed by atoms with Gasteiger partial charge in [0.05, 0.1) is 11.7 Å². The molecule has 20 heavy (non-hydrogen) atoms. The first-order chi connectivity index (χ1) is 9.70. The van der Waals surface area contributed by atoms with Gasteiger partial charge in [-0.2, -0.15) is 0 Å². The maximum Gasteiger partial charge on any atom is 0.146 e. The molecule has 1 atom stereocenters. The number of aromatic nitrogens is 1. The topological polar surface area (TPSA) is 24.9 Å². The summed E-state index contributed by atoms with van der Waals surface area (Å²) in [4.78, 5) is 4.18.